The van der Waals surface area contributed by atoms with E-state index in [9.17, 15) is 4.79 Å². The van der Waals surface area contributed by atoms with Crippen molar-refractivity contribution in [3.63, 3.8) is 0 Å². The molecular formula is C18H28N4O. The summed E-state index contributed by atoms with van der Waals surface area (Å²) in [7, 11) is 0. The number of nitrogens with zero attached hydrogens (tertiary/aromatic N) is 2. The van der Waals surface area contributed by atoms with Crippen LogP contribution in [0, 0.1) is 0 Å². The highest BCUT2D eigenvalue weighted by Crippen LogP contribution is 2.31. The van der Waals surface area contributed by atoms with E-state index >= 15 is 0 Å². The van der Waals surface area contributed by atoms with Gasteiger partial charge in [0.2, 0.25) is 0 Å². The lowest BCUT2D eigenvalue weighted by atomic mass is 9.90. The maximum atomic E-state index is 12.1. The van der Waals surface area contributed by atoms with Gasteiger partial charge in [-0.1, -0.05) is 19.3 Å². The molecule has 1 unspecified atom stereocenters. The molecule has 0 radical (unpaired) electrons. The van der Waals surface area contributed by atoms with Gasteiger partial charge in [-0.15, -0.1) is 0 Å². The third-order valence-corrected chi connectivity index (χ3v) is 5.83. The Morgan fingerprint density at radius 2 is 1.91 bits per heavy atom. The fraction of sp³-hybridized carbons (Fsp3) is 0.778. The average Bonchev–Trinajstić information content (AvgIpc) is 2.96. The van der Waals surface area contributed by atoms with Gasteiger partial charge < -0.3 is 10.3 Å². The van der Waals surface area contributed by atoms with Crippen LogP contribution in [-0.2, 0) is 6.42 Å². The Labute approximate surface area is 138 Å². The predicted molar refractivity (Wildman–Crippen MR) is 89.7 cm³/mol. The lowest BCUT2D eigenvalue weighted by Gasteiger charge is -2.39. The first kappa shape index (κ1) is 15.2. The molecule has 23 heavy (non-hydrogen) atoms. The van der Waals surface area contributed by atoms with E-state index in [2.05, 4.69) is 15.2 Å². The van der Waals surface area contributed by atoms with E-state index in [0.29, 0.717) is 11.6 Å². The minimum atomic E-state index is -0.0000499. The molecule has 3 aliphatic rings. The lowest BCUT2D eigenvalue weighted by molar-refractivity contribution is 0.0950. The van der Waals surface area contributed by atoms with Crippen LogP contribution >= 0.6 is 0 Å². The molecular weight excluding hydrogens is 288 g/mol. The number of aromatic amines is 1. The number of fused-ring (bicyclic) bond motifs is 1. The maximum absolute atomic E-state index is 12.1. The molecule has 2 fully saturated rings. The molecule has 1 aromatic heterocycles. The number of rotatable bonds is 2. The molecule has 2 aliphatic heterocycles. The van der Waals surface area contributed by atoms with Gasteiger partial charge in [-0.3, -0.25) is 9.69 Å². The van der Waals surface area contributed by atoms with Gasteiger partial charge in [0.1, 0.15) is 11.5 Å². The second-order valence-corrected chi connectivity index (χ2v) is 7.43. The molecule has 5 nitrogen and oxygen atoms in total. The summed E-state index contributed by atoms with van der Waals surface area (Å²) in [6.45, 7) is 3.11. The van der Waals surface area contributed by atoms with E-state index in [-0.39, 0.29) is 5.91 Å². The normalized spacial score (nSPS) is 27.3. The first-order valence-corrected chi connectivity index (χ1v) is 9.42. The molecule has 1 amide bonds. The van der Waals surface area contributed by atoms with Crippen LogP contribution in [0.5, 0.6) is 0 Å². The van der Waals surface area contributed by atoms with E-state index < -0.39 is 0 Å². The number of carbonyl (C=O) groups excluding carboxylic acids is 1. The van der Waals surface area contributed by atoms with Gasteiger partial charge in [-0.05, 0) is 45.1 Å². The van der Waals surface area contributed by atoms with Crippen molar-refractivity contribution >= 4 is 5.91 Å². The van der Waals surface area contributed by atoms with E-state index in [1.807, 2.05) is 0 Å². The molecule has 1 aromatic rings. The molecule has 1 saturated heterocycles. The van der Waals surface area contributed by atoms with Crippen molar-refractivity contribution in [1.29, 1.82) is 0 Å². The van der Waals surface area contributed by atoms with Gasteiger partial charge in [0.05, 0.1) is 0 Å². The van der Waals surface area contributed by atoms with Crippen molar-refractivity contribution in [3.05, 3.63) is 17.2 Å². The summed E-state index contributed by atoms with van der Waals surface area (Å²) in [4.78, 5) is 23.0. The van der Waals surface area contributed by atoms with Crippen molar-refractivity contribution in [2.75, 3.05) is 19.6 Å². The third-order valence-electron chi connectivity index (χ3n) is 5.83. The zero-order chi connectivity index (χ0) is 15.6. The number of likely N-dealkylation sites (tertiary alicyclic amines) is 1. The molecule has 3 heterocycles. The van der Waals surface area contributed by atoms with Crippen LogP contribution < -0.4 is 5.32 Å². The zero-order valence-electron chi connectivity index (χ0n) is 13.9. The minimum absolute atomic E-state index is 0.0000499. The van der Waals surface area contributed by atoms with Gasteiger partial charge >= 0.3 is 0 Å². The van der Waals surface area contributed by atoms with E-state index in [1.54, 1.807) is 0 Å². The minimum Gasteiger partial charge on any atom is -0.351 e. The van der Waals surface area contributed by atoms with Gasteiger partial charge in [0.15, 0.2) is 0 Å². The number of amides is 1. The number of piperidine rings is 1. The zero-order valence-corrected chi connectivity index (χ0v) is 13.9. The van der Waals surface area contributed by atoms with Crippen LogP contribution in [0.4, 0.5) is 0 Å². The topological polar surface area (TPSA) is 61.0 Å². The van der Waals surface area contributed by atoms with Crippen molar-refractivity contribution in [3.8, 4) is 0 Å². The Hall–Kier alpha value is -1.36. The highest BCUT2D eigenvalue weighted by atomic mass is 16.1. The second-order valence-electron chi connectivity index (χ2n) is 7.43. The SMILES string of the molecule is O=C1NCCCc2[nH]c(C3CCCN(C4CCCCC4)C3)nc21. The Balaban J connectivity index is 1.49. The van der Waals surface area contributed by atoms with Gasteiger partial charge in [0.25, 0.3) is 5.91 Å². The monoisotopic (exact) mass is 316 g/mol. The Morgan fingerprint density at radius 3 is 2.78 bits per heavy atom. The summed E-state index contributed by atoms with van der Waals surface area (Å²) < 4.78 is 0. The number of carbonyl (C=O) groups is 1. The quantitative estimate of drug-likeness (QED) is 0.881. The van der Waals surface area contributed by atoms with Crippen molar-refractivity contribution in [2.45, 2.75) is 69.7 Å². The van der Waals surface area contributed by atoms with E-state index in [4.69, 9.17) is 4.98 Å². The number of aromatic nitrogens is 2. The van der Waals surface area contributed by atoms with Crippen LogP contribution in [0.3, 0.4) is 0 Å². The van der Waals surface area contributed by atoms with Crippen molar-refractivity contribution in [2.24, 2.45) is 0 Å². The number of hydrogen-bond donors (Lipinski definition) is 2. The molecule has 1 saturated carbocycles. The lowest BCUT2D eigenvalue weighted by Crippen LogP contribution is -2.43. The van der Waals surface area contributed by atoms with Crippen LogP contribution in [-0.4, -0.2) is 46.5 Å². The molecule has 0 spiro atoms. The predicted octanol–water partition coefficient (Wildman–Crippen LogP) is 2.60. The highest BCUT2D eigenvalue weighted by Gasteiger charge is 2.30. The molecule has 1 aliphatic carbocycles. The standard InChI is InChI=1S/C18H28N4O/c23-18-16-15(9-4-10-19-18)20-17(21-16)13-6-5-11-22(12-13)14-7-2-1-3-8-14/h13-14H,1-12H2,(H,19,23)(H,20,21). The summed E-state index contributed by atoms with van der Waals surface area (Å²) in [5.74, 6) is 1.51. The molecule has 1 atom stereocenters. The summed E-state index contributed by atoms with van der Waals surface area (Å²) in [6, 6.07) is 0.780. The van der Waals surface area contributed by atoms with Gasteiger partial charge in [-0.25, -0.2) is 4.98 Å². The summed E-state index contributed by atoms with van der Waals surface area (Å²) >= 11 is 0. The van der Waals surface area contributed by atoms with Crippen LogP contribution in [0.2, 0.25) is 0 Å². The van der Waals surface area contributed by atoms with E-state index in [1.165, 1.54) is 51.5 Å². The average molecular weight is 316 g/mol. The Kier molecular flexibility index (Phi) is 4.38. The number of imidazole rings is 1. The first-order chi connectivity index (χ1) is 11.3. The number of nitrogens with one attached hydrogen (secondary N) is 2. The molecule has 0 bridgehead atoms. The highest BCUT2D eigenvalue weighted by molar-refractivity contribution is 5.93. The van der Waals surface area contributed by atoms with Crippen LogP contribution in [0.1, 0.15) is 79.3 Å². The number of hydrogen-bond acceptors (Lipinski definition) is 3. The van der Waals surface area contributed by atoms with Gasteiger partial charge in [0, 0.05) is 30.7 Å². The maximum Gasteiger partial charge on any atom is 0.271 e. The molecule has 0 aromatic carbocycles. The van der Waals surface area contributed by atoms with Crippen molar-refractivity contribution in [1.82, 2.24) is 20.2 Å². The molecule has 126 valence electrons. The summed E-state index contributed by atoms with van der Waals surface area (Å²) in [5, 5.41) is 2.95. The van der Waals surface area contributed by atoms with Crippen LogP contribution in [0.15, 0.2) is 0 Å². The summed E-state index contributed by atoms with van der Waals surface area (Å²) in [5.41, 5.74) is 1.69. The van der Waals surface area contributed by atoms with Crippen LogP contribution in [0.25, 0.3) is 0 Å². The molecule has 2 N–H and O–H groups in total. The fourth-order valence-electron chi connectivity index (χ4n) is 4.55. The largest absolute Gasteiger partial charge is 0.351 e. The third kappa shape index (κ3) is 3.16. The Morgan fingerprint density at radius 1 is 1.04 bits per heavy atom. The number of H-pyrrole nitrogens is 1. The van der Waals surface area contributed by atoms with E-state index in [0.717, 1.165) is 43.5 Å². The first-order valence-electron chi connectivity index (χ1n) is 9.42. The van der Waals surface area contributed by atoms with Crippen molar-refractivity contribution < 1.29 is 4.79 Å². The second kappa shape index (κ2) is 6.63. The smallest absolute Gasteiger partial charge is 0.271 e. The number of aryl methyl sites for hydroxylation is 1. The molecule has 5 heteroatoms. The Bertz CT molecular complexity index is 561. The van der Waals surface area contributed by atoms with Gasteiger partial charge in [-0.2, -0.15) is 0 Å². The summed E-state index contributed by atoms with van der Waals surface area (Å²) in [6.07, 6.45) is 11.3. The molecule has 4 rings (SSSR count). The fourth-order valence-corrected chi connectivity index (χ4v) is 4.55.